The van der Waals surface area contributed by atoms with Crippen LogP contribution in [0.25, 0.3) is 11.5 Å². The van der Waals surface area contributed by atoms with E-state index in [0.29, 0.717) is 33.8 Å². The highest BCUT2D eigenvalue weighted by Gasteiger charge is 2.17. The van der Waals surface area contributed by atoms with Crippen molar-refractivity contribution < 1.29 is 8.81 Å². The van der Waals surface area contributed by atoms with Gasteiger partial charge in [-0.15, -0.1) is 0 Å². The number of anilines is 1. The van der Waals surface area contributed by atoms with Crippen LogP contribution in [-0.2, 0) is 6.54 Å². The van der Waals surface area contributed by atoms with Crippen molar-refractivity contribution in [3.05, 3.63) is 83.5 Å². The summed E-state index contributed by atoms with van der Waals surface area (Å²) < 4.78 is 19.2. The minimum absolute atomic E-state index is 0.313. The van der Waals surface area contributed by atoms with Crippen molar-refractivity contribution in [2.24, 2.45) is 0 Å². The summed E-state index contributed by atoms with van der Waals surface area (Å²) in [6.07, 6.45) is 3.29. The lowest BCUT2D eigenvalue weighted by atomic mass is 10.2. The molecule has 0 fully saturated rings. The molecule has 0 amide bonds. The predicted molar refractivity (Wildman–Crippen MR) is 107 cm³/mol. The molecule has 3 aromatic heterocycles. The third kappa shape index (κ3) is 4.49. The van der Waals surface area contributed by atoms with Gasteiger partial charge in [-0.3, -0.25) is 0 Å². The molecular weight excluding hydrogens is 399 g/mol. The lowest BCUT2D eigenvalue weighted by Gasteiger charge is -2.04. The summed E-state index contributed by atoms with van der Waals surface area (Å²) >= 11 is 7.25. The molecular formula is C20H14ClFN4OS. The maximum atomic E-state index is 13.2. The number of halogens is 2. The molecule has 0 saturated carbocycles. The fourth-order valence-corrected chi connectivity index (χ4v) is 3.30. The number of rotatable bonds is 6. The SMILES string of the molecule is Fc1ccc(-c2nc(CNc3ccccn3)c(Sc3ccc(Cl)cn3)o2)cc1. The van der Waals surface area contributed by atoms with E-state index in [1.807, 2.05) is 24.3 Å². The van der Waals surface area contributed by atoms with Crippen LogP contribution in [0.5, 0.6) is 0 Å². The maximum Gasteiger partial charge on any atom is 0.227 e. The van der Waals surface area contributed by atoms with Gasteiger partial charge in [0.1, 0.15) is 22.4 Å². The molecule has 0 spiro atoms. The zero-order valence-electron chi connectivity index (χ0n) is 14.5. The first kappa shape index (κ1) is 18.5. The first-order chi connectivity index (χ1) is 13.7. The van der Waals surface area contributed by atoms with Crippen molar-refractivity contribution in [2.75, 3.05) is 5.32 Å². The summed E-state index contributed by atoms with van der Waals surface area (Å²) in [6, 6.07) is 15.2. The first-order valence-electron chi connectivity index (χ1n) is 8.37. The monoisotopic (exact) mass is 412 g/mol. The maximum absolute atomic E-state index is 13.2. The second-order valence-electron chi connectivity index (χ2n) is 5.75. The fraction of sp³-hybridized carbons (Fsp3) is 0.0500. The van der Waals surface area contributed by atoms with Crippen LogP contribution in [0.4, 0.5) is 10.2 Å². The van der Waals surface area contributed by atoms with E-state index >= 15 is 0 Å². The van der Waals surface area contributed by atoms with E-state index in [1.54, 1.807) is 30.6 Å². The second-order valence-corrected chi connectivity index (χ2v) is 7.17. The Kier molecular flexibility index (Phi) is 5.55. The Morgan fingerprint density at radius 3 is 2.61 bits per heavy atom. The molecule has 3 heterocycles. The second kappa shape index (κ2) is 8.41. The summed E-state index contributed by atoms with van der Waals surface area (Å²) in [5, 5.41) is 5.10. The van der Waals surface area contributed by atoms with E-state index in [2.05, 4.69) is 20.3 Å². The largest absolute Gasteiger partial charge is 0.429 e. The molecule has 0 bridgehead atoms. The number of pyridine rings is 2. The molecule has 0 saturated heterocycles. The minimum Gasteiger partial charge on any atom is -0.429 e. The lowest BCUT2D eigenvalue weighted by molar-refractivity contribution is 0.479. The zero-order valence-corrected chi connectivity index (χ0v) is 16.0. The highest BCUT2D eigenvalue weighted by Crippen LogP contribution is 2.34. The predicted octanol–water partition coefficient (Wildman–Crippen LogP) is 5.69. The van der Waals surface area contributed by atoms with Gasteiger partial charge in [-0.2, -0.15) is 0 Å². The molecule has 0 aliphatic carbocycles. The Hall–Kier alpha value is -2.90. The van der Waals surface area contributed by atoms with Crippen LogP contribution < -0.4 is 5.32 Å². The molecule has 8 heteroatoms. The Bertz CT molecular complexity index is 1060. The summed E-state index contributed by atoms with van der Waals surface area (Å²) in [4.78, 5) is 13.1. The van der Waals surface area contributed by atoms with Crippen molar-refractivity contribution in [1.82, 2.24) is 15.0 Å². The average Bonchev–Trinajstić information content (AvgIpc) is 3.12. The van der Waals surface area contributed by atoms with Crippen LogP contribution in [0.2, 0.25) is 5.02 Å². The minimum atomic E-state index is -0.313. The van der Waals surface area contributed by atoms with E-state index in [1.165, 1.54) is 23.9 Å². The number of nitrogens with one attached hydrogen (secondary N) is 1. The van der Waals surface area contributed by atoms with E-state index in [-0.39, 0.29) is 5.82 Å². The van der Waals surface area contributed by atoms with Crippen molar-refractivity contribution in [1.29, 1.82) is 0 Å². The van der Waals surface area contributed by atoms with Crippen molar-refractivity contribution >= 4 is 29.2 Å². The number of benzene rings is 1. The van der Waals surface area contributed by atoms with Crippen LogP contribution in [0, 0.1) is 5.82 Å². The summed E-state index contributed by atoms with van der Waals surface area (Å²) in [6.45, 7) is 0.414. The molecule has 0 radical (unpaired) electrons. The van der Waals surface area contributed by atoms with Crippen molar-refractivity contribution in [3.8, 4) is 11.5 Å². The molecule has 1 N–H and O–H groups in total. The van der Waals surface area contributed by atoms with E-state index in [0.717, 1.165) is 10.8 Å². The average molecular weight is 413 g/mol. The van der Waals surface area contributed by atoms with Crippen molar-refractivity contribution in [2.45, 2.75) is 16.7 Å². The van der Waals surface area contributed by atoms with E-state index in [9.17, 15) is 4.39 Å². The van der Waals surface area contributed by atoms with Gasteiger partial charge in [0.25, 0.3) is 0 Å². The van der Waals surface area contributed by atoms with Gasteiger partial charge in [0.15, 0.2) is 5.09 Å². The number of hydrogen-bond acceptors (Lipinski definition) is 6. The summed E-state index contributed by atoms with van der Waals surface area (Å²) in [7, 11) is 0. The smallest absolute Gasteiger partial charge is 0.227 e. The molecule has 1 aromatic carbocycles. The van der Waals surface area contributed by atoms with Crippen LogP contribution in [0.1, 0.15) is 5.69 Å². The Morgan fingerprint density at radius 1 is 1.04 bits per heavy atom. The highest BCUT2D eigenvalue weighted by molar-refractivity contribution is 7.99. The quantitative estimate of drug-likeness (QED) is 0.439. The lowest BCUT2D eigenvalue weighted by Crippen LogP contribution is -2.02. The fourth-order valence-electron chi connectivity index (χ4n) is 2.40. The Labute approximate surface area is 170 Å². The van der Waals surface area contributed by atoms with Crippen LogP contribution >= 0.6 is 23.4 Å². The van der Waals surface area contributed by atoms with Crippen LogP contribution in [0.15, 0.2) is 81.5 Å². The topological polar surface area (TPSA) is 63.8 Å². The zero-order chi connectivity index (χ0) is 19.3. The molecule has 4 aromatic rings. The van der Waals surface area contributed by atoms with E-state index in [4.69, 9.17) is 16.0 Å². The van der Waals surface area contributed by atoms with E-state index < -0.39 is 0 Å². The third-order valence-corrected chi connectivity index (χ3v) is 4.93. The summed E-state index contributed by atoms with van der Waals surface area (Å²) in [5.41, 5.74) is 1.39. The Balaban J connectivity index is 1.63. The number of oxazole rings is 1. The molecule has 4 rings (SSSR count). The van der Waals surface area contributed by atoms with Crippen LogP contribution in [-0.4, -0.2) is 15.0 Å². The molecule has 0 aliphatic rings. The van der Waals surface area contributed by atoms with Gasteiger partial charge in [-0.05, 0) is 60.3 Å². The van der Waals surface area contributed by atoms with Gasteiger partial charge in [-0.25, -0.2) is 19.3 Å². The van der Waals surface area contributed by atoms with Gasteiger partial charge >= 0.3 is 0 Å². The number of hydrogen-bond donors (Lipinski definition) is 1. The molecule has 5 nitrogen and oxygen atoms in total. The van der Waals surface area contributed by atoms with Gasteiger partial charge in [0, 0.05) is 18.0 Å². The van der Waals surface area contributed by atoms with Crippen LogP contribution in [0.3, 0.4) is 0 Å². The van der Waals surface area contributed by atoms with Gasteiger partial charge in [-0.1, -0.05) is 17.7 Å². The third-order valence-electron chi connectivity index (χ3n) is 3.75. The first-order valence-corrected chi connectivity index (χ1v) is 9.57. The summed E-state index contributed by atoms with van der Waals surface area (Å²) in [5.74, 6) is 0.830. The van der Waals surface area contributed by atoms with Gasteiger partial charge in [0.05, 0.1) is 11.6 Å². The molecule has 0 atom stereocenters. The highest BCUT2D eigenvalue weighted by atomic mass is 35.5. The number of aromatic nitrogens is 3. The Morgan fingerprint density at radius 2 is 1.89 bits per heavy atom. The number of nitrogens with zero attached hydrogens (tertiary/aromatic N) is 3. The van der Waals surface area contributed by atoms with Gasteiger partial charge in [0.2, 0.25) is 5.89 Å². The standard InChI is InChI=1S/C20H14ClFN4OS/c21-14-6-9-18(25-11-14)28-20-16(12-24-17-3-1-2-10-23-17)26-19(27-20)13-4-7-15(22)8-5-13/h1-11H,12H2,(H,23,24). The normalized spacial score (nSPS) is 10.8. The van der Waals surface area contributed by atoms with Crippen molar-refractivity contribution in [3.63, 3.8) is 0 Å². The molecule has 28 heavy (non-hydrogen) atoms. The van der Waals surface area contributed by atoms with Gasteiger partial charge < -0.3 is 9.73 Å². The molecule has 140 valence electrons. The molecule has 0 unspecified atom stereocenters. The molecule has 0 aliphatic heterocycles.